The number of aryl methyl sites for hydroxylation is 1. The average molecular weight is 341 g/mol. The highest BCUT2D eigenvalue weighted by Crippen LogP contribution is 2.32. The number of rotatable bonds is 5. The summed E-state index contributed by atoms with van der Waals surface area (Å²) in [6, 6.07) is 2.85. The number of sulfonamides is 1. The van der Waals surface area contributed by atoms with Crippen LogP contribution in [0.4, 0.5) is 5.69 Å². The third-order valence-electron chi connectivity index (χ3n) is 4.53. The minimum absolute atomic E-state index is 0.184. The van der Waals surface area contributed by atoms with Gasteiger partial charge in [-0.25, -0.2) is 12.7 Å². The van der Waals surface area contributed by atoms with Gasteiger partial charge in [0.15, 0.2) is 4.90 Å². The fourth-order valence-electron chi connectivity index (χ4n) is 3.04. The molecule has 1 aliphatic heterocycles. The van der Waals surface area contributed by atoms with Crippen molar-refractivity contribution in [2.45, 2.75) is 25.2 Å². The van der Waals surface area contributed by atoms with Crippen LogP contribution in [0.3, 0.4) is 0 Å². The van der Waals surface area contributed by atoms with Crippen LogP contribution in [0.25, 0.3) is 0 Å². The van der Waals surface area contributed by atoms with Crippen molar-refractivity contribution in [1.82, 2.24) is 9.21 Å². The van der Waals surface area contributed by atoms with Gasteiger partial charge in [-0.2, -0.15) is 0 Å². The number of nitro benzene ring substituents is 1. The Kier molecular flexibility index (Phi) is 5.07. The maximum absolute atomic E-state index is 12.9. The quantitative estimate of drug-likeness (QED) is 0.602. The first-order valence-corrected chi connectivity index (χ1v) is 8.98. The molecule has 1 aromatic rings. The third-order valence-corrected chi connectivity index (χ3v) is 6.53. The van der Waals surface area contributed by atoms with Crippen LogP contribution >= 0.6 is 0 Å². The molecule has 0 aromatic heterocycles. The molecule has 1 saturated heterocycles. The Hall–Kier alpha value is -1.51. The summed E-state index contributed by atoms with van der Waals surface area (Å²) in [5.41, 5.74) is 0.807. The van der Waals surface area contributed by atoms with Crippen LogP contribution in [0.15, 0.2) is 17.0 Å². The predicted octanol–water partition coefficient (Wildman–Crippen LogP) is 1.78. The summed E-state index contributed by atoms with van der Waals surface area (Å²) < 4.78 is 27.1. The first-order valence-electron chi connectivity index (χ1n) is 7.54. The molecule has 0 aliphatic carbocycles. The van der Waals surface area contributed by atoms with E-state index in [1.807, 2.05) is 7.05 Å². The van der Waals surface area contributed by atoms with Gasteiger partial charge in [0, 0.05) is 26.2 Å². The highest BCUT2D eigenvalue weighted by Gasteiger charge is 2.34. The van der Waals surface area contributed by atoms with Crippen molar-refractivity contribution in [1.29, 1.82) is 0 Å². The summed E-state index contributed by atoms with van der Waals surface area (Å²) in [4.78, 5) is 12.6. The molecule has 1 fully saturated rings. The number of likely N-dealkylation sites (tertiary alicyclic amines) is 1. The highest BCUT2D eigenvalue weighted by atomic mass is 32.2. The van der Waals surface area contributed by atoms with Crippen molar-refractivity contribution in [3.63, 3.8) is 0 Å². The van der Waals surface area contributed by atoms with Gasteiger partial charge in [0.25, 0.3) is 5.69 Å². The Morgan fingerprint density at radius 3 is 2.57 bits per heavy atom. The van der Waals surface area contributed by atoms with Crippen molar-refractivity contribution in [3.8, 4) is 0 Å². The molecular weight excluding hydrogens is 318 g/mol. The Morgan fingerprint density at radius 2 is 2.04 bits per heavy atom. The lowest BCUT2D eigenvalue weighted by Gasteiger charge is -2.22. The van der Waals surface area contributed by atoms with E-state index < -0.39 is 14.9 Å². The first kappa shape index (κ1) is 17.8. The Labute approximate surface area is 137 Å². The molecule has 2 rings (SSSR count). The van der Waals surface area contributed by atoms with Crippen LogP contribution in [0.5, 0.6) is 0 Å². The molecule has 1 aromatic carbocycles. The maximum atomic E-state index is 12.9. The van der Waals surface area contributed by atoms with Crippen molar-refractivity contribution in [2.75, 3.05) is 33.7 Å². The SMILES string of the molecule is Cc1ccc([N+](=O)[O-])c(S(=O)(=O)N(C)C[C@@H]2CCN(C)C2)c1C. The van der Waals surface area contributed by atoms with E-state index in [9.17, 15) is 18.5 Å². The van der Waals surface area contributed by atoms with Crippen molar-refractivity contribution < 1.29 is 13.3 Å². The standard InChI is InChI=1S/C15H23N3O4S/c1-11-5-6-14(18(19)20)15(12(11)2)23(21,22)17(4)10-13-7-8-16(3)9-13/h5-6,13H,7-10H2,1-4H3/t13-/m1/s1. The van der Waals surface area contributed by atoms with Gasteiger partial charge >= 0.3 is 0 Å². The fraction of sp³-hybridized carbons (Fsp3) is 0.600. The molecule has 128 valence electrons. The van der Waals surface area contributed by atoms with E-state index in [0.29, 0.717) is 12.1 Å². The van der Waals surface area contributed by atoms with Gasteiger partial charge in [-0.05, 0) is 50.9 Å². The minimum Gasteiger partial charge on any atom is -0.306 e. The topological polar surface area (TPSA) is 83.8 Å². The van der Waals surface area contributed by atoms with Gasteiger partial charge in [0.2, 0.25) is 10.0 Å². The molecule has 0 unspecified atom stereocenters. The number of hydrogen-bond acceptors (Lipinski definition) is 5. The van der Waals surface area contributed by atoms with Gasteiger partial charge in [-0.1, -0.05) is 6.07 Å². The summed E-state index contributed by atoms with van der Waals surface area (Å²) in [7, 11) is -0.396. The second-order valence-electron chi connectivity index (χ2n) is 6.32. The van der Waals surface area contributed by atoms with Crippen molar-refractivity contribution in [2.24, 2.45) is 5.92 Å². The summed E-state index contributed by atoms with van der Waals surface area (Å²) in [6.45, 7) is 5.53. The fourth-order valence-corrected chi connectivity index (χ4v) is 4.71. The first-order chi connectivity index (χ1) is 10.6. The van der Waals surface area contributed by atoms with E-state index in [-0.39, 0.29) is 16.5 Å². The maximum Gasteiger partial charge on any atom is 0.289 e. The van der Waals surface area contributed by atoms with Crippen molar-refractivity contribution in [3.05, 3.63) is 33.4 Å². The van der Waals surface area contributed by atoms with E-state index >= 15 is 0 Å². The zero-order valence-electron chi connectivity index (χ0n) is 13.9. The van der Waals surface area contributed by atoms with Crippen molar-refractivity contribution >= 4 is 15.7 Å². The molecule has 8 heteroatoms. The molecule has 0 radical (unpaired) electrons. The van der Waals surface area contributed by atoms with E-state index in [1.165, 1.54) is 17.4 Å². The molecule has 0 N–H and O–H groups in total. The minimum atomic E-state index is -3.90. The Bertz CT molecular complexity index is 718. The second kappa shape index (κ2) is 6.54. The third kappa shape index (κ3) is 3.54. The van der Waals surface area contributed by atoms with E-state index in [4.69, 9.17) is 0 Å². The average Bonchev–Trinajstić information content (AvgIpc) is 2.86. The predicted molar refractivity (Wildman–Crippen MR) is 88.0 cm³/mol. The Balaban J connectivity index is 2.39. The lowest BCUT2D eigenvalue weighted by atomic mass is 10.1. The molecule has 1 heterocycles. The van der Waals surface area contributed by atoms with E-state index in [2.05, 4.69) is 4.90 Å². The van der Waals surface area contributed by atoms with Gasteiger partial charge < -0.3 is 4.90 Å². The van der Waals surface area contributed by atoms with Gasteiger partial charge in [-0.3, -0.25) is 10.1 Å². The molecule has 0 amide bonds. The molecule has 7 nitrogen and oxygen atoms in total. The molecule has 0 bridgehead atoms. The summed E-state index contributed by atoms with van der Waals surface area (Å²) in [5.74, 6) is 0.254. The largest absolute Gasteiger partial charge is 0.306 e. The molecule has 0 saturated carbocycles. The second-order valence-corrected chi connectivity index (χ2v) is 8.30. The van der Waals surface area contributed by atoms with Crippen LogP contribution in [0.1, 0.15) is 17.5 Å². The number of benzene rings is 1. The zero-order valence-corrected chi connectivity index (χ0v) is 14.8. The lowest BCUT2D eigenvalue weighted by molar-refractivity contribution is -0.388. The smallest absolute Gasteiger partial charge is 0.289 e. The number of nitro groups is 1. The number of nitrogens with zero attached hydrogens (tertiary/aromatic N) is 3. The zero-order chi connectivity index (χ0) is 17.4. The van der Waals surface area contributed by atoms with E-state index in [1.54, 1.807) is 19.9 Å². The molecule has 1 aliphatic rings. The summed E-state index contributed by atoms with van der Waals surface area (Å²) >= 11 is 0. The highest BCUT2D eigenvalue weighted by molar-refractivity contribution is 7.89. The molecule has 23 heavy (non-hydrogen) atoms. The summed E-state index contributed by atoms with van der Waals surface area (Å²) in [5, 5.41) is 11.3. The van der Waals surface area contributed by atoms with Crippen LogP contribution in [0.2, 0.25) is 0 Å². The normalized spacial score (nSPS) is 19.4. The van der Waals surface area contributed by atoms with Crippen LogP contribution < -0.4 is 0 Å². The van der Waals surface area contributed by atoms with Gasteiger partial charge in [0.05, 0.1) is 4.92 Å². The molecule has 1 atom stereocenters. The molecule has 0 spiro atoms. The van der Waals surface area contributed by atoms with Gasteiger partial charge in [-0.15, -0.1) is 0 Å². The summed E-state index contributed by atoms with van der Waals surface area (Å²) in [6.07, 6.45) is 0.936. The van der Waals surface area contributed by atoms with Crippen LogP contribution in [-0.2, 0) is 10.0 Å². The Morgan fingerprint density at radius 1 is 1.39 bits per heavy atom. The van der Waals surface area contributed by atoms with Crippen LogP contribution in [-0.4, -0.2) is 56.3 Å². The lowest BCUT2D eigenvalue weighted by Crippen LogP contribution is -2.33. The number of hydrogen-bond donors (Lipinski definition) is 0. The van der Waals surface area contributed by atoms with Crippen LogP contribution in [0, 0.1) is 29.9 Å². The van der Waals surface area contributed by atoms with Gasteiger partial charge in [0.1, 0.15) is 0 Å². The van der Waals surface area contributed by atoms with E-state index in [0.717, 1.165) is 25.1 Å². The monoisotopic (exact) mass is 341 g/mol. The molecular formula is C15H23N3O4S.